The fourth-order valence-corrected chi connectivity index (χ4v) is 2.19. The average molecular weight is 332 g/mol. The molecule has 0 spiro atoms. The molecule has 0 amide bonds. The lowest BCUT2D eigenvalue weighted by molar-refractivity contribution is 0.463. The van der Waals surface area contributed by atoms with Gasteiger partial charge in [-0.05, 0) is 40.2 Å². The van der Waals surface area contributed by atoms with Crippen molar-refractivity contribution in [3.05, 3.63) is 47.3 Å². The summed E-state index contributed by atoms with van der Waals surface area (Å²) in [5.74, 6) is 6.86. The van der Waals surface area contributed by atoms with Crippen LogP contribution in [-0.4, -0.2) is 15.0 Å². The molecule has 2 aromatic heterocycles. The van der Waals surface area contributed by atoms with E-state index in [-0.39, 0.29) is 0 Å². The van der Waals surface area contributed by atoms with Gasteiger partial charge in [0, 0.05) is 11.6 Å². The molecule has 100 valence electrons. The highest BCUT2D eigenvalue weighted by atomic mass is 79.9. The summed E-state index contributed by atoms with van der Waals surface area (Å²) >= 11 is 3.35. The molecule has 0 unspecified atom stereocenters. The van der Waals surface area contributed by atoms with Crippen LogP contribution in [0.1, 0.15) is 0 Å². The van der Waals surface area contributed by atoms with E-state index in [1.165, 1.54) is 6.33 Å². The van der Waals surface area contributed by atoms with Gasteiger partial charge in [0.05, 0.1) is 5.52 Å². The lowest BCUT2D eigenvalue weighted by Crippen LogP contribution is -2.09. The Morgan fingerprint density at radius 1 is 1.10 bits per heavy atom. The van der Waals surface area contributed by atoms with Crippen LogP contribution >= 0.6 is 15.9 Å². The fraction of sp³-hybridized carbons (Fsp3) is 0. The zero-order valence-electron chi connectivity index (χ0n) is 10.2. The SMILES string of the molecule is NNc1ncnc(Oc2cccc3ncccc23)c1Br. The molecule has 0 bridgehead atoms. The van der Waals surface area contributed by atoms with Gasteiger partial charge in [-0.1, -0.05) is 6.07 Å². The molecule has 0 aliphatic rings. The van der Waals surface area contributed by atoms with Crippen LogP contribution in [0.5, 0.6) is 11.6 Å². The minimum atomic E-state index is 0.379. The van der Waals surface area contributed by atoms with Crippen molar-refractivity contribution in [2.24, 2.45) is 5.84 Å². The predicted octanol–water partition coefficient (Wildman–Crippen LogP) is 2.87. The van der Waals surface area contributed by atoms with E-state index in [0.29, 0.717) is 21.9 Å². The summed E-state index contributed by atoms with van der Waals surface area (Å²) in [5, 5.41) is 0.905. The zero-order valence-corrected chi connectivity index (χ0v) is 11.8. The second-order valence-corrected chi connectivity index (χ2v) is 4.71. The van der Waals surface area contributed by atoms with Crippen LogP contribution in [0.2, 0.25) is 0 Å². The summed E-state index contributed by atoms with van der Waals surface area (Å²) in [6.45, 7) is 0. The van der Waals surface area contributed by atoms with Gasteiger partial charge in [-0.2, -0.15) is 0 Å². The molecule has 3 aromatic rings. The predicted molar refractivity (Wildman–Crippen MR) is 79.4 cm³/mol. The Labute approximate surface area is 123 Å². The number of rotatable bonds is 3. The van der Waals surface area contributed by atoms with Crippen molar-refractivity contribution in [3.8, 4) is 11.6 Å². The first-order chi connectivity index (χ1) is 9.79. The highest BCUT2D eigenvalue weighted by molar-refractivity contribution is 9.10. The van der Waals surface area contributed by atoms with E-state index < -0.39 is 0 Å². The summed E-state index contributed by atoms with van der Waals surface area (Å²) in [6, 6.07) is 9.45. The van der Waals surface area contributed by atoms with Gasteiger partial charge in [0.25, 0.3) is 0 Å². The zero-order chi connectivity index (χ0) is 13.9. The number of aromatic nitrogens is 3. The van der Waals surface area contributed by atoms with Crippen molar-refractivity contribution in [1.29, 1.82) is 0 Å². The largest absolute Gasteiger partial charge is 0.437 e. The van der Waals surface area contributed by atoms with Crippen LogP contribution in [0.15, 0.2) is 47.3 Å². The number of hydrogen-bond acceptors (Lipinski definition) is 6. The molecule has 0 aliphatic carbocycles. The maximum atomic E-state index is 5.83. The molecule has 6 nitrogen and oxygen atoms in total. The first-order valence-electron chi connectivity index (χ1n) is 5.78. The Balaban J connectivity index is 2.06. The maximum absolute atomic E-state index is 5.83. The first-order valence-corrected chi connectivity index (χ1v) is 6.57. The number of halogens is 1. The Bertz CT molecular complexity index is 759. The minimum Gasteiger partial charge on any atom is -0.437 e. The number of hydrazine groups is 1. The molecular formula is C13H10BrN5O. The average Bonchev–Trinajstić information content (AvgIpc) is 2.50. The first kappa shape index (κ1) is 12.8. The lowest BCUT2D eigenvalue weighted by Gasteiger charge is -2.10. The molecule has 2 heterocycles. The van der Waals surface area contributed by atoms with Crippen LogP contribution in [0, 0.1) is 0 Å². The second kappa shape index (κ2) is 5.40. The van der Waals surface area contributed by atoms with E-state index in [2.05, 4.69) is 36.3 Å². The van der Waals surface area contributed by atoms with Gasteiger partial charge in [0.2, 0.25) is 5.88 Å². The van der Waals surface area contributed by atoms with E-state index in [4.69, 9.17) is 10.6 Å². The molecule has 3 rings (SSSR count). The van der Waals surface area contributed by atoms with Gasteiger partial charge >= 0.3 is 0 Å². The normalized spacial score (nSPS) is 10.5. The molecule has 1 aromatic carbocycles. The third-order valence-electron chi connectivity index (χ3n) is 2.71. The number of benzene rings is 1. The Kier molecular flexibility index (Phi) is 3.44. The maximum Gasteiger partial charge on any atom is 0.238 e. The van der Waals surface area contributed by atoms with Crippen molar-refractivity contribution in [1.82, 2.24) is 15.0 Å². The third-order valence-corrected chi connectivity index (χ3v) is 3.42. The number of nitrogens with one attached hydrogen (secondary N) is 1. The topological polar surface area (TPSA) is 86.0 Å². The molecule has 0 radical (unpaired) electrons. The molecular weight excluding hydrogens is 322 g/mol. The van der Waals surface area contributed by atoms with Gasteiger partial charge < -0.3 is 10.2 Å². The number of anilines is 1. The van der Waals surface area contributed by atoms with Crippen LogP contribution < -0.4 is 16.0 Å². The molecule has 0 aliphatic heterocycles. The molecule has 20 heavy (non-hydrogen) atoms. The second-order valence-electron chi connectivity index (χ2n) is 3.91. The molecule has 0 fully saturated rings. The minimum absolute atomic E-state index is 0.379. The van der Waals surface area contributed by atoms with Gasteiger partial charge in [0.15, 0.2) is 5.82 Å². The third kappa shape index (κ3) is 2.28. The number of nitrogen functional groups attached to an aromatic ring is 1. The lowest BCUT2D eigenvalue weighted by atomic mass is 10.2. The van der Waals surface area contributed by atoms with Crippen molar-refractivity contribution >= 4 is 32.7 Å². The number of fused-ring (bicyclic) bond motifs is 1. The van der Waals surface area contributed by atoms with Crippen molar-refractivity contribution < 1.29 is 4.74 Å². The fourth-order valence-electron chi connectivity index (χ4n) is 1.79. The van der Waals surface area contributed by atoms with Crippen molar-refractivity contribution in [2.75, 3.05) is 5.43 Å². The highest BCUT2D eigenvalue weighted by Gasteiger charge is 2.11. The number of pyridine rings is 1. The van der Waals surface area contributed by atoms with E-state index in [9.17, 15) is 0 Å². The Hall–Kier alpha value is -2.25. The number of ether oxygens (including phenoxy) is 1. The van der Waals surface area contributed by atoms with Crippen LogP contribution in [0.3, 0.4) is 0 Å². The van der Waals surface area contributed by atoms with E-state index >= 15 is 0 Å². The van der Waals surface area contributed by atoms with E-state index in [1.807, 2.05) is 30.3 Å². The molecule has 7 heteroatoms. The Morgan fingerprint density at radius 3 is 2.85 bits per heavy atom. The summed E-state index contributed by atoms with van der Waals surface area (Å²) in [7, 11) is 0. The molecule has 0 saturated carbocycles. The number of nitrogens with zero attached hydrogens (tertiary/aromatic N) is 3. The summed E-state index contributed by atoms with van der Waals surface area (Å²) in [6.07, 6.45) is 3.11. The number of hydrogen-bond donors (Lipinski definition) is 2. The summed E-state index contributed by atoms with van der Waals surface area (Å²) < 4.78 is 6.39. The monoisotopic (exact) mass is 331 g/mol. The van der Waals surface area contributed by atoms with Crippen molar-refractivity contribution in [2.45, 2.75) is 0 Å². The Morgan fingerprint density at radius 2 is 2.00 bits per heavy atom. The summed E-state index contributed by atoms with van der Waals surface area (Å²) in [5.41, 5.74) is 3.32. The van der Waals surface area contributed by atoms with Crippen LogP contribution in [0.25, 0.3) is 10.9 Å². The van der Waals surface area contributed by atoms with Gasteiger partial charge in [-0.25, -0.2) is 15.8 Å². The van der Waals surface area contributed by atoms with Gasteiger partial charge in [-0.15, -0.1) is 0 Å². The smallest absolute Gasteiger partial charge is 0.238 e. The van der Waals surface area contributed by atoms with Crippen LogP contribution in [0.4, 0.5) is 5.82 Å². The van der Waals surface area contributed by atoms with Crippen LogP contribution in [-0.2, 0) is 0 Å². The highest BCUT2D eigenvalue weighted by Crippen LogP contribution is 2.34. The summed E-state index contributed by atoms with van der Waals surface area (Å²) in [4.78, 5) is 12.4. The van der Waals surface area contributed by atoms with E-state index in [1.54, 1.807) is 6.20 Å². The molecule has 0 atom stereocenters. The van der Waals surface area contributed by atoms with Gasteiger partial charge in [-0.3, -0.25) is 4.98 Å². The molecule has 3 N–H and O–H groups in total. The standard InChI is InChI=1S/C13H10BrN5O/c14-11-12(19-15)17-7-18-13(11)20-10-5-1-4-9-8(10)3-2-6-16-9/h1-7H,15H2,(H,17,18,19). The molecule has 0 saturated heterocycles. The van der Waals surface area contributed by atoms with Crippen molar-refractivity contribution in [3.63, 3.8) is 0 Å². The van der Waals surface area contributed by atoms with E-state index in [0.717, 1.165) is 10.9 Å². The number of nitrogens with two attached hydrogens (primary N) is 1. The quantitative estimate of drug-likeness (QED) is 0.567. The van der Waals surface area contributed by atoms with Gasteiger partial charge in [0.1, 0.15) is 16.5 Å².